The molecule has 29 heavy (non-hydrogen) atoms. The molecular weight excluding hydrogens is 372 g/mol. The Bertz CT molecular complexity index is 925. The quantitative estimate of drug-likeness (QED) is 0.600. The van der Waals surface area contributed by atoms with Crippen molar-refractivity contribution in [2.75, 3.05) is 13.1 Å². The molecule has 1 aliphatic carbocycles. The summed E-state index contributed by atoms with van der Waals surface area (Å²) < 4.78 is 6.65. The molecule has 1 N–H and O–H groups in total. The second-order valence-corrected chi connectivity index (χ2v) is 16.2. The van der Waals surface area contributed by atoms with E-state index in [1.165, 1.54) is 49.7 Å². The largest absolute Gasteiger partial charge is 0.543 e. The number of fused-ring (bicyclic) bond motifs is 4. The Morgan fingerprint density at radius 1 is 1.21 bits per heavy atom. The van der Waals surface area contributed by atoms with Crippen LogP contribution in [0.25, 0.3) is 10.9 Å². The molecule has 158 valence electrons. The van der Waals surface area contributed by atoms with Crippen LogP contribution < -0.4 is 4.43 Å². The lowest BCUT2D eigenvalue weighted by atomic mass is 9.65. The SMILES string of the molecule is CC[C@H]1C[C@H]2C[C@H]3c4[nH]c5ccc(O[Si](C)(C)C(C)(C)C)cc5c4CCN(C2)C13. The molecule has 2 unspecified atom stereocenters. The molecule has 1 aromatic heterocycles. The van der Waals surface area contributed by atoms with Crippen LogP contribution in [0.3, 0.4) is 0 Å². The van der Waals surface area contributed by atoms with Crippen LogP contribution in [-0.4, -0.2) is 37.3 Å². The predicted molar refractivity (Wildman–Crippen MR) is 124 cm³/mol. The first-order valence-electron chi connectivity index (χ1n) is 11.8. The van der Waals surface area contributed by atoms with Crippen LogP contribution in [0.5, 0.6) is 5.75 Å². The monoisotopic (exact) mass is 410 g/mol. The zero-order chi connectivity index (χ0) is 20.6. The second-order valence-electron chi connectivity index (χ2n) is 11.4. The van der Waals surface area contributed by atoms with Gasteiger partial charge in [-0.1, -0.05) is 34.1 Å². The second kappa shape index (κ2) is 6.62. The molecule has 4 bridgehead atoms. The van der Waals surface area contributed by atoms with Crippen molar-refractivity contribution in [3.8, 4) is 5.75 Å². The summed E-state index contributed by atoms with van der Waals surface area (Å²) in [5, 5.41) is 1.63. The number of H-pyrrole nitrogens is 1. The molecule has 2 saturated heterocycles. The lowest BCUT2D eigenvalue weighted by molar-refractivity contribution is -0.0134. The van der Waals surface area contributed by atoms with Gasteiger partial charge < -0.3 is 9.41 Å². The smallest absolute Gasteiger partial charge is 0.250 e. The van der Waals surface area contributed by atoms with E-state index in [0.717, 1.165) is 23.6 Å². The molecule has 3 aliphatic heterocycles. The average molecular weight is 411 g/mol. The fourth-order valence-corrected chi connectivity index (χ4v) is 7.21. The molecule has 4 aliphatic rings. The normalized spacial score (nSPS) is 31.6. The molecule has 3 nitrogen and oxygen atoms in total. The number of aromatic nitrogens is 1. The topological polar surface area (TPSA) is 28.3 Å². The third-order valence-electron chi connectivity index (χ3n) is 8.67. The number of piperidine rings is 2. The third-order valence-corrected chi connectivity index (χ3v) is 13.0. The summed E-state index contributed by atoms with van der Waals surface area (Å²) in [6.45, 7) is 16.6. The number of aromatic amines is 1. The van der Waals surface area contributed by atoms with Gasteiger partial charge in [0, 0.05) is 41.6 Å². The fourth-order valence-electron chi connectivity index (χ4n) is 6.18. The Labute approximate surface area is 177 Å². The highest BCUT2D eigenvalue weighted by Gasteiger charge is 2.48. The van der Waals surface area contributed by atoms with Gasteiger partial charge in [0.05, 0.1) is 0 Å². The summed E-state index contributed by atoms with van der Waals surface area (Å²) in [6, 6.07) is 7.54. The molecule has 4 heterocycles. The highest BCUT2D eigenvalue weighted by atomic mass is 28.4. The fraction of sp³-hybridized carbons (Fsp3) is 0.680. The van der Waals surface area contributed by atoms with E-state index in [2.05, 4.69) is 68.9 Å². The molecule has 3 fully saturated rings. The summed E-state index contributed by atoms with van der Waals surface area (Å²) in [4.78, 5) is 6.73. The van der Waals surface area contributed by atoms with Gasteiger partial charge in [0.1, 0.15) is 5.75 Å². The van der Waals surface area contributed by atoms with Crippen LogP contribution >= 0.6 is 0 Å². The van der Waals surface area contributed by atoms with Gasteiger partial charge in [-0.2, -0.15) is 0 Å². The summed E-state index contributed by atoms with van der Waals surface area (Å²) >= 11 is 0. The molecule has 1 saturated carbocycles. The number of benzene rings is 1. The maximum absolute atomic E-state index is 6.65. The van der Waals surface area contributed by atoms with Crippen molar-refractivity contribution in [3.05, 3.63) is 29.5 Å². The Morgan fingerprint density at radius 2 is 2.00 bits per heavy atom. The lowest BCUT2D eigenvalue weighted by Gasteiger charge is -2.53. The molecule has 6 rings (SSSR count). The highest BCUT2D eigenvalue weighted by molar-refractivity contribution is 6.74. The standard InChI is InChI=1S/C25H38N2OSi/c1-7-17-12-16-13-21-23-19(10-11-27(15-16)24(17)21)20-14-18(8-9-22(20)26-23)28-29(5,6)25(2,3)4/h8-9,14,16-17,21,24,26H,7,10-13,15H2,1-6H3/t16-,17-,21-,24?/m0/s1. The molecule has 1 aromatic carbocycles. The minimum Gasteiger partial charge on any atom is -0.543 e. The van der Waals surface area contributed by atoms with Gasteiger partial charge in [-0.3, -0.25) is 4.90 Å². The number of nitrogens with one attached hydrogen (secondary N) is 1. The molecule has 2 aromatic rings. The number of nitrogens with zero attached hydrogens (tertiary/aromatic N) is 1. The average Bonchev–Trinajstić information content (AvgIpc) is 2.97. The van der Waals surface area contributed by atoms with Crippen LogP contribution in [0.2, 0.25) is 18.1 Å². The molecule has 4 heteroatoms. The van der Waals surface area contributed by atoms with Gasteiger partial charge in [0.2, 0.25) is 8.32 Å². The number of hydrogen-bond donors (Lipinski definition) is 1. The van der Waals surface area contributed by atoms with Gasteiger partial charge in [0.15, 0.2) is 0 Å². The summed E-state index contributed by atoms with van der Waals surface area (Å²) in [5.41, 5.74) is 4.44. The first kappa shape index (κ1) is 19.7. The molecule has 5 atom stereocenters. The molecular formula is C25H38N2OSi. The van der Waals surface area contributed by atoms with Crippen LogP contribution in [0.4, 0.5) is 0 Å². The van der Waals surface area contributed by atoms with Crippen molar-refractivity contribution in [2.45, 2.75) is 83.5 Å². The maximum atomic E-state index is 6.65. The Hall–Kier alpha value is -1.26. The van der Waals surface area contributed by atoms with Crippen LogP contribution in [0.1, 0.15) is 64.1 Å². The van der Waals surface area contributed by atoms with Crippen molar-refractivity contribution < 1.29 is 4.43 Å². The first-order chi connectivity index (χ1) is 13.7. The minimum absolute atomic E-state index is 0.218. The molecule has 0 radical (unpaired) electrons. The van der Waals surface area contributed by atoms with Gasteiger partial charge in [0.25, 0.3) is 0 Å². The Morgan fingerprint density at radius 3 is 2.72 bits per heavy atom. The van der Waals surface area contributed by atoms with E-state index in [4.69, 9.17) is 4.43 Å². The van der Waals surface area contributed by atoms with E-state index in [9.17, 15) is 0 Å². The van der Waals surface area contributed by atoms with E-state index < -0.39 is 8.32 Å². The Balaban J connectivity index is 1.54. The maximum Gasteiger partial charge on any atom is 0.250 e. The van der Waals surface area contributed by atoms with E-state index >= 15 is 0 Å². The highest BCUT2D eigenvalue weighted by Crippen LogP contribution is 2.51. The zero-order valence-electron chi connectivity index (χ0n) is 19.1. The van der Waals surface area contributed by atoms with Gasteiger partial charge in [-0.15, -0.1) is 0 Å². The minimum atomic E-state index is -1.82. The van der Waals surface area contributed by atoms with Crippen molar-refractivity contribution in [3.63, 3.8) is 0 Å². The van der Waals surface area contributed by atoms with Crippen LogP contribution in [0, 0.1) is 11.8 Å². The summed E-state index contributed by atoms with van der Waals surface area (Å²) in [7, 11) is -1.82. The van der Waals surface area contributed by atoms with Gasteiger partial charge in [-0.05, 0) is 73.0 Å². The molecule has 0 spiro atoms. The van der Waals surface area contributed by atoms with Gasteiger partial charge >= 0.3 is 0 Å². The third kappa shape index (κ3) is 3.09. The summed E-state index contributed by atoms with van der Waals surface area (Å²) in [6.07, 6.45) is 5.34. The van der Waals surface area contributed by atoms with Crippen molar-refractivity contribution in [1.82, 2.24) is 9.88 Å². The van der Waals surface area contributed by atoms with Crippen molar-refractivity contribution in [2.24, 2.45) is 11.8 Å². The van der Waals surface area contributed by atoms with Gasteiger partial charge in [-0.25, -0.2) is 0 Å². The predicted octanol–water partition coefficient (Wildman–Crippen LogP) is 6.31. The number of hydrogen-bond acceptors (Lipinski definition) is 2. The zero-order valence-corrected chi connectivity index (χ0v) is 20.1. The van der Waals surface area contributed by atoms with Crippen LogP contribution in [-0.2, 0) is 6.42 Å². The van der Waals surface area contributed by atoms with Crippen molar-refractivity contribution >= 4 is 19.2 Å². The van der Waals surface area contributed by atoms with E-state index in [1.807, 2.05) is 0 Å². The van der Waals surface area contributed by atoms with Crippen LogP contribution in [0.15, 0.2) is 18.2 Å². The first-order valence-corrected chi connectivity index (χ1v) is 14.7. The van der Waals surface area contributed by atoms with E-state index in [1.54, 1.807) is 11.3 Å². The van der Waals surface area contributed by atoms with E-state index in [-0.39, 0.29) is 5.04 Å². The lowest BCUT2D eigenvalue weighted by Crippen LogP contribution is -2.56. The van der Waals surface area contributed by atoms with E-state index in [0.29, 0.717) is 5.92 Å². The molecule has 0 amide bonds. The number of rotatable bonds is 3. The Kier molecular flexibility index (Phi) is 4.49. The summed E-state index contributed by atoms with van der Waals surface area (Å²) in [5.74, 6) is 3.53. The van der Waals surface area contributed by atoms with Crippen molar-refractivity contribution in [1.29, 1.82) is 0 Å².